The van der Waals surface area contributed by atoms with Crippen molar-refractivity contribution in [3.8, 4) is 0 Å². The molecule has 0 atom stereocenters. The number of furan rings is 1. The molecule has 1 fully saturated rings. The van der Waals surface area contributed by atoms with Crippen molar-refractivity contribution in [3.05, 3.63) is 36.1 Å². The van der Waals surface area contributed by atoms with E-state index in [0.717, 1.165) is 25.3 Å². The fraction of sp³-hybridized carbons (Fsp3) is 0.300. The zero-order valence-electron chi connectivity index (χ0n) is 7.75. The molecule has 1 aromatic heterocycles. The molecule has 2 N–H and O–H groups in total. The lowest BCUT2D eigenvalue weighted by Crippen LogP contribution is -2.35. The molecule has 1 aliphatic heterocycles. The van der Waals surface area contributed by atoms with Crippen molar-refractivity contribution in [2.75, 3.05) is 13.1 Å². The summed E-state index contributed by atoms with van der Waals surface area (Å²) in [6, 6.07) is 3.36. The maximum Gasteiger partial charge on any atom is 0.224 e. The first-order chi connectivity index (χ1) is 6.86. The first kappa shape index (κ1) is 8.87. The van der Waals surface area contributed by atoms with Crippen LogP contribution in [0.25, 0.3) is 0 Å². The summed E-state index contributed by atoms with van der Waals surface area (Å²) < 4.78 is 4.99. The van der Waals surface area contributed by atoms with E-state index >= 15 is 0 Å². The topological polar surface area (TPSA) is 54.3 Å². The number of hydrogen-bond donors (Lipinski definition) is 2. The highest BCUT2D eigenvalue weighted by Gasteiger charge is 2.09. The van der Waals surface area contributed by atoms with Crippen molar-refractivity contribution in [1.29, 1.82) is 0 Å². The summed E-state index contributed by atoms with van der Waals surface area (Å²) in [7, 11) is 0. The van der Waals surface area contributed by atoms with Crippen LogP contribution in [0, 0.1) is 0 Å². The van der Waals surface area contributed by atoms with Gasteiger partial charge in [-0.15, -0.1) is 0 Å². The Hall–Kier alpha value is -1.71. The number of carbonyl (C=O) groups is 1. The molecule has 2 heterocycles. The Morgan fingerprint density at radius 1 is 1.43 bits per heavy atom. The molecule has 0 saturated carbocycles. The molecule has 2 rings (SSSR count). The summed E-state index contributed by atoms with van der Waals surface area (Å²) >= 11 is 0. The zero-order valence-corrected chi connectivity index (χ0v) is 7.75. The van der Waals surface area contributed by atoms with Gasteiger partial charge < -0.3 is 15.1 Å². The normalized spacial score (nSPS) is 15.6. The van der Waals surface area contributed by atoms with Gasteiger partial charge in [0.1, 0.15) is 5.82 Å². The second-order valence-corrected chi connectivity index (χ2v) is 3.11. The number of carbonyl (C=O) groups excluding carboxylic acids is 1. The Bertz CT molecular complexity index is 333. The van der Waals surface area contributed by atoms with Crippen LogP contribution in [0.3, 0.4) is 0 Å². The molecule has 0 spiro atoms. The molecule has 0 bridgehead atoms. The van der Waals surface area contributed by atoms with Gasteiger partial charge in [-0.05, 0) is 18.6 Å². The fourth-order valence-corrected chi connectivity index (χ4v) is 1.32. The predicted octanol–water partition coefficient (Wildman–Crippen LogP) is 0.887. The van der Waals surface area contributed by atoms with Crippen LogP contribution >= 0.6 is 0 Å². The van der Waals surface area contributed by atoms with Crippen molar-refractivity contribution in [2.24, 2.45) is 0 Å². The molecular formula is C10H12N2O2. The Balaban J connectivity index is 2.05. The number of hydrogen-bond acceptors (Lipinski definition) is 4. The van der Waals surface area contributed by atoms with Gasteiger partial charge in [0.2, 0.25) is 5.78 Å². The third-order valence-electron chi connectivity index (χ3n) is 2.02. The minimum Gasteiger partial charge on any atom is -0.461 e. The highest BCUT2D eigenvalue weighted by Crippen LogP contribution is 2.03. The SMILES string of the molecule is O=C(C=C1NCCCN1)c1ccco1. The number of rotatable bonds is 2. The van der Waals surface area contributed by atoms with Gasteiger partial charge in [0.15, 0.2) is 5.76 Å². The Morgan fingerprint density at radius 3 is 2.86 bits per heavy atom. The van der Waals surface area contributed by atoms with Gasteiger partial charge in [0, 0.05) is 19.2 Å². The van der Waals surface area contributed by atoms with Crippen molar-refractivity contribution < 1.29 is 9.21 Å². The molecule has 0 unspecified atom stereocenters. The molecular weight excluding hydrogens is 180 g/mol. The lowest BCUT2D eigenvalue weighted by Gasteiger charge is -2.18. The smallest absolute Gasteiger partial charge is 0.224 e. The monoisotopic (exact) mass is 192 g/mol. The van der Waals surface area contributed by atoms with E-state index in [1.54, 1.807) is 12.1 Å². The lowest BCUT2D eigenvalue weighted by atomic mass is 10.2. The highest BCUT2D eigenvalue weighted by molar-refractivity contribution is 6.02. The minimum atomic E-state index is -0.119. The van der Waals surface area contributed by atoms with Crippen LogP contribution in [-0.2, 0) is 0 Å². The van der Waals surface area contributed by atoms with Crippen LogP contribution < -0.4 is 10.6 Å². The molecule has 0 aromatic carbocycles. The summed E-state index contributed by atoms with van der Waals surface area (Å²) in [6.45, 7) is 1.81. The van der Waals surface area contributed by atoms with Gasteiger partial charge in [-0.1, -0.05) is 0 Å². The molecule has 4 nitrogen and oxygen atoms in total. The van der Waals surface area contributed by atoms with Crippen LogP contribution in [-0.4, -0.2) is 18.9 Å². The Morgan fingerprint density at radius 2 is 2.21 bits per heavy atom. The van der Waals surface area contributed by atoms with E-state index < -0.39 is 0 Å². The predicted molar refractivity (Wildman–Crippen MR) is 51.7 cm³/mol. The van der Waals surface area contributed by atoms with Crippen LogP contribution in [0.15, 0.2) is 34.7 Å². The first-order valence-corrected chi connectivity index (χ1v) is 4.63. The molecule has 1 aromatic rings. The van der Waals surface area contributed by atoms with E-state index in [-0.39, 0.29) is 5.78 Å². The average molecular weight is 192 g/mol. The summed E-state index contributed by atoms with van der Waals surface area (Å²) in [5, 5.41) is 6.20. The second-order valence-electron chi connectivity index (χ2n) is 3.11. The quantitative estimate of drug-likeness (QED) is 0.539. The van der Waals surface area contributed by atoms with E-state index in [2.05, 4.69) is 10.6 Å². The fourth-order valence-electron chi connectivity index (χ4n) is 1.32. The van der Waals surface area contributed by atoms with E-state index in [9.17, 15) is 4.79 Å². The van der Waals surface area contributed by atoms with Gasteiger partial charge in [-0.2, -0.15) is 0 Å². The standard InChI is InChI=1S/C10H12N2O2/c13-8(9-3-1-6-14-9)7-10-11-4-2-5-12-10/h1,3,6-7,11-12H,2,4-5H2. The van der Waals surface area contributed by atoms with E-state index in [1.165, 1.54) is 12.3 Å². The van der Waals surface area contributed by atoms with Crippen LogP contribution in [0.4, 0.5) is 0 Å². The number of ketones is 1. The molecule has 74 valence electrons. The Labute approximate surface area is 82.0 Å². The van der Waals surface area contributed by atoms with Crippen molar-refractivity contribution in [3.63, 3.8) is 0 Å². The van der Waals surface area contributed by atoms with Gasteiger partial charge in [0.05, 0.1) is 6.26 Å². The maximum absolute atomic E-state index is 11.5. The zero-order chi connectivity index (χ0) is 9.80. The van der Waals surface area contributed by atoms with Crippen LogP contribution in [0.2, 0.25) is 0 Å². The summed E-state index contributed by atoms with van der Waals surface area (Å²) in [6.07, 6.45) is 4.09. The maximum atomic E-state index is 11.5. The third-order valence-corrected chi connectivity index (χ3v) is 2.02. The summed E-state index contributed by atoms with van der Waals surface area (Å²) in [5.41, 5.74) is 0. The molecule has 14 heavy (non-hydrogen) atoms. The van der Waals surface area contributed by atoms with E-state index in [1.807, 2.05) is 0 Å². The minimum absolute atomic E-state index is 0.119. The largest absolute Gasteiger partial charge is 0.461 e. The van der Waals surface area contributed by atoms with Gasteiger partial charge in [-0.3, -0.25) is 4.79 Å². The van der Waals surface area contributed by atoms with Crippen molar-refractivity contribution in [2.45, 2.75) is 6.42 Å². The van der Waals surface area contributed by atoms with Gasteiger partial charge in [0.25, 0.3) is 0 Å². The van der Waals surface area contributed by atoms with Gasteiger partial charge >= 0.3 is 0 Å². The van der Waals surface area contributed by atoms with Crippen LogP contribution in [0.1, 0.15) is 17.0 Å². The molecule has 1 saturated heterocycles. The highest BCUT2D eigenvalue weighted by atomic mass is 16.3. The van der Waals surface area contributed by atoms with E-state index in [4.69, 9.17) is 4.42 Å². The number of nitrogens with one attached hydrogen (secondary N) is 2. The molecule has 0 amide bonds. The Kier molecular flexibility index (Phi) is 2.53. The van der Waals surface area contributed by atoms with Gasteiger partial charge in [-0.25, -0.2) is 0 Å². The molecule has 4 heteroatoms. The average Bonchev–Trinajstić information content (AvgIpc) is 2.72. The lowest BCUT2D eigenvalue weighted by molar-refractivity contribution is 0.102. The third kappa shape index (κ3) is 1.96. The number of allylic oxidation sites excluding steroid dienone is 1. The van der Waals surface area contributed by atoms with Crippen molar-refractivity contribution >= 4 is 5.78 Å². The van der Waals surface area contributed by atoms with Crippen molar-refractivity contribution in [1.82, 2.24) is 10.6 Å². The summed E-state index contributed by atoms with van der Waals surface area (Å²) in [4.78, 5) is 11.5. The van der Waals surface area contributed by atoms with E-state index in [0.29, 0.717) is 5.76 Å². The first-order valence-electron chi connectivity index (χ1n) is 4.63. The second kappa shape index (κ2) is 4.00. The molecule has 1 aliphatic rings. The molecule has 0 radical (unpaired) electrons. The summed E-state index contributed by atoms with van der Waals surface area (Å²) in [5.74, 6) is 1.02. The van der Waals surface area contributed by atoms with Crippen LogP contribution in [0.5, 0.6) is 0 Å². The molecule has 0 aliphatic carbocycles.